The van der Waals surface area contributed by atoms with Gasteiger partial charge in [-0.3, -0.25) is 14.9 Å². The number of hydrogen-bond donors (Lipinski definition) is 1. The molecule has 0 aromatic heterocycles. The third-order valence-electron chi connectivity index (χ3n) is 3.93. The lowest BCUT2D eigenvalue weighted by Crippen LogP contribution is -2.45. The van der Waals surface area contributed by atoms with Crippen molar-refractivity contribution in [1.29, 1.82) is 0 Å². The van der Waals surface area contributed by atoms with Gasteiger partial charge < -0.3 is 10.1 Å². The van der Waals surface area contributed by atoms with E-state index in [0.717, 1.165) is 11.3 Å². The third kappa shape index (κ3) is 4.56. The molecule has 0 radical (unpaired) electrons. The first-order valence-electron chi connectivity index (χ1n) is 7.93. The second-order valence-corrected chi connectivity index (χ2v) is 6.59. The molecule has 1 amide bonds. The van der Waals surface area contributed by atoms with Crippen molar-refractivity contribution in [2.24, 2.45) is 0 Å². The van der Waals surface area contributed by atoms with E-state index in [1.807, 2.05) is 38.1 Å². The van der Waals surface area contributed by atoms with Crippen LogP contribution in [0.25, 0.3) is 0 Å². The molecule has 0 unspecified atom stereocenters. The molecule has 2 rings (SSSR count). The van der Waals surface area contributed by atoms with Gasteiger partial charge in [-0.05, 0) is 51.0 Å². The van der Waals surface area contributed by atoms with Crippen molar-refractivity contribution in [3.05, 3.63) is 69.3 Å². The second-order valence-electron chi connectivity index (χ2n) is 6.59. The molecule has 0 aliphatic heterocycles. The fourth-order valence-electron chi connectivity index (χ4n) is 2.75. The van der Waals surface area contributed by atoms with E-state index < -0.39 is 10.5 Å². The molecule has 0 atom stereocenters. The van der Waals surface area contributed by atoms with Gasteiger partial charge in [-0.1, -0.05) is 18.2 Å². The highest BCUT2D eigenvalue weighted by Crippen LogP contribution is 2.24. The highest BCUT2D eigenvalue weighted by molar-refractivity contribution is 5.95. The molecule has 6 nitrogen and oxygen atoms in total. The van der Waals surface area contributed by atoms with E-state index in [4.69, 9.17) is 4.74 Å². The van der Waals surface area contributed by atoms with Crippen LogP contribution in [0.5, 0.6) is 5.75 Å². The number of nitrogens with one attached hydrogen (secondary N) is 1. The molecule has 6 heteroatoms. The minimum Gasteiger partial charge on any atom is -0.496 e. The van der Waals surface area contributed by atoms with Crippen molar-refractivity contribution in [2.75, 3.05) is 7.11 Å². The lowest BCUT2D eigenvalue weighted by Gasteiger charge is -2.27. The van der Waals surface area contributed by atoms with Crippen LogP contribution in [0.15, 0.2) is 42.5 Å². The number of ether oxygens (including phenoxy) is 1. The molecule has 0 spiro atoms. The van der Waals surface area contributed by atoms with Crippen LogP contribution in [0.2, 0.25) is 0 Å². The zero-order chi connectivity index (χ0) is 18.6. The minimum absolute atomic E-state index is 0.00447. The molecule has 1 N–H and O–H groups in total. The fourth-order valence-corrected chi connectivity index (χ4v) is 2.75. The number of benzene rings is 2. The van der Waals surface area contributed by atoms with Gasteiger partial charge in [0.2, 0.25) is 0 Å². The van der Waals surface area contributed by atoms with Gasteiger partial charge in [0.1, 0.15) is 5.75 Å². The first-order chi connectivity index (χ1) is 11.7. The maximum atomic E-state index is 12.5. The highest BCUT2D eigenvalue weighted by Gasteiger charge is 2.24. The molecule has 0 heterocycles. The van der Waals surface area contributed by atoms with Gasteiger partial charge in [0.05, 0.1) is 12.0 Å². The van der Waals surface area contributed by atoms with E-state index in [1.165, 1.54) is 18.2 Å². The number of carbonyl (C=O) groups is 1. The minimum atomic E-state index is -0.513. The van der Waals surface area contributed by atoms with Crippen molar-refractivity contribution >= 4 is 11.6 Å². The number of methoxy groups -OCH3 is 1. The number of amides is 1. The molecule has 0 aliphatic rings. The summed E-state index contributed by atoms with van der Waals surface area (Å²) in [6, 6.07) is 12.0. The van der Waals surface area contributed by atoms with E-state index >= 15 is 0 Å². The maximum absolute atomic E-state index is 12.5. The predicted molar refractivity (Wildman–Crippen MR) is 96.1 cm³/mol. The summed E-state index contributed by atoms with van der Waals surface area (Å²) in [4.78, 5) is 23.0. The molecule has 0 bridgehead atoms. The molecule has 2 aromatic carbocycles. The zero-order valence-electron chi connectivity index (χ0n) is 14.8. The van der Waals surface area contributed by atoms with Crippen LogP contribution in [0.1, 0.15) is 35.3 Å². The second kappa shape index (κ2) is 7.34. The van der Waals surface area contributed by atoms with E-state index in [0.29, 0.717) is 17.5 Å². The maximum Gasteiger partial charge on any atom is 0.272 e. The standard InChI is InChI=1S/C19H22N2O4/c1-13-11-14(9-10-16(13)21(23)24)18(22)20-19(2,3)12-15-7-5-6-8-17(15)25-4/h5-11H,12H2,1-4H3,(H,20,22). The Morgan fingerprint density at radius 2 is 1.92 bits per heavy atom. The van der Waals surface area contributed by atoms with E-state index in [9.17, 15) is 14.9 Å². The molecule has 0 saturated heterocycles. The third-order valence-corrected chi connectivity index (χ3v) is 3.93. The quantitative estimate of drug-likeness (QED) is 0.641. The van der Waals surface area contributed by atoms with Gasteiger partial charge in [-0.15, -0.1) is 0 Å². The molecule has 132 valence electrons. The SMILES string of the molecule is COc1ccccc1CC(C)(C)NC(=O)c1ccc([N+](=O)[O-])c(C)c1. The topological polar surface area (TPSA) is 81.5 Å². The van der Waals surface area contributed by atoms with E-state index in [-0.39, 0.29) is 11.6 Å². The molecular weight excluding hydrogens is 320 g/mol. The summed E-state index contributed by atoms with van der Waals surface area (Å²) in [6.45, 7) is 5.47. The van der Waals surface area contributed by atoms with Crippen LogP contribution >= 0.6 is 0 Å². The summed E-state index contributed by atoms with van der Waals surface area (Å²) >= 11 is 0. The van der Waals surface area contributed by atoms with Gasteiger partial charge in [0.25, 0.3) is 11.6 Å². The number of rotatable bonds is 6. The molecule has 2 aromatic rings. The number of nitro groups is 1. The summed E-state index contributed by atoms with van der Waals surface area (Å²) in [6.07, 6.45) is 0.592. The molecule has 25 heavy (non-hydrogen) atoms. The van der Waals surface area contributed by atoms with Crippen LogP contribution in [-0.2, 0) is 6.42 Å². The van der Waals surface area contributed by atoms with E-state index in [1.54, 1.807) is 14.0 Å². The zero-order valence-corrected chi connectivity index (χ0v) is 14.8. The first kappa shape index (κ1) is 18.4. The molecular formula is C19H22N2O4. The number of hydrogen-bond acceptors (Lipinski definition) is 4. The Kier molecular flexibility index (Phi) is 5.41. The van der Waals surface area contributed by atoms with Crippen molar-refractivity contribution in [3.63, 3.8) is 0 Å². The van der Waals surface area contributed by atoms with Gasteiger partial charge in [-0.2, -0.15) is 0 Å². The Bertz CT molecular complexity index is 800. The van der Waals surface area contributed by atoms with Crippen LogP contribution in [0.3, 0.4) is 0 Å². The summed E-state index contributed by atoms with van der Waals surface area (Å²) in [5, 5.41) is 13.9. The summed E-state index contributed by atoms with van der Waals surface area (Å²) in [5.74, 6) is 0.508. The number of nitro benzene ring substituents is 1. The first-order valence-corrected chi connectivity index (χ1v) is 7.93. The smallest absolute Gasteiger partial charge is 0.272 e. The largest absolute Gasteiger partial charge is 0.496 e. The Hall–Kier alpha value is -2.89. The lowest BCUT2D eigenvalue weighted by molar-refractivity contribution is -0.385. The monoisotopic (exact) mass is 342 g/mol. The van der Waals surface area contributed by atoms with Crippen molar-refractivity contribution in [3.8, 4) is 5.75 Å². The molecule has 0 fully saturated rings. The van der Waals surface area contributed by atoms with Crippen molar-refractivity contribution < 1.29 is 14.5 Å². The molecule has 0 saturated carbocycles. The number of para-hydroxylation sites is 1. The summed E-state index contributed by atoms with van der Waals surface area (Å²) < 4.78 is 5.36. The predicted octanol–water partition coefficient (Wildman–Crippen LogP) is 3.66. The Balaban J connectivity index is 2.15. The average molecular weight is 342 g/mol. The van der Waals surface area contributed by atoms with Crippen LogP contribution in [0, 0.1) is 17.0 Å². The summed E-state index contributed by atoms with van der Waals surface area (Å²) in [7, 11) is 1.62. The van der Waals surface area contributed by atoms with Crippen LogP contribution in [-0.4, -0.2) is 23.5 Å². The van der Waals surface area contributed by atoms with Gasteiger partial charge in [0.15, 0.2) is 0 Å². The van der Waals surface area contributed by atoms with Crippen molar-refractivity contribution in [2.45, 2.75) is 32.7 Å². The highest BCUT2D eigenvalue weighted by atomic mass is 16.6. The number of carbonyl (C=O) groups excluding carboxylic acids is 1. The Morgan fingerprint density at radius 1 is 1.24 bits per heavy atom. The van der Waals surface area contributed by atoms with Crippen molar-refractivity contribution in [1.82, 2.24) is 5.32 Å². The van der Waals surface area contributed by atoms with Gasteiger partial charge in [-0.25, -0.2) is 0 Å². The Labute approximate surface area is 147 Å². The summed E-state index contributed by atoms with van der Waals surface area (Å²) in [5.41, 5.74) is 1.35. The van der Waals surface area contributed by atoms with E-state index in [2.05, 4.69) is 5.32 Å². The van der Waals surface area contributed by atoms with Crippen LogP contribution < -0.4 is 10.1 Å². The Morgan fingerprint density at radius 3 is 2.52 bits per heavy atom. The average Bonchev–Trinajstić information content (AvgIpc) is 2.54. The number of aryl methyl sites for hydroxylation is 1. The number of nitrogens with zero attached hydrogens (tertiary/aromatic N) is 1. The lowest BCUT2D eigenvalue weighted by atomic mass is 9.93. The normalized spacial score (nSPS) is 11.0. The van der Waals surface area contributed by atoms with Gasteiger partial charge in [0, 0.05) is 22.7 Å². The van der Waals surface area contributed by atoms with Gasteiger partial charge >= 0.3 is 0 Å². The molecule has 0 aliphatic carbocycles. The van der Waals surface area contributed by atoms with Crippen LogP contribution in [0.4, 0.5) is 5.69 Å². The fraction of sp³-hybridized carbons (Fsp3) is 0.316.